The minimum atomic E-state index is -0.521. The van der Waals surface area contributed by atoms with E-state index >= 15 is 0 Å². The molecule has 1 saturated carbocycles. The van der Waals surface area contributed by atoms with Gasteiger partial charge in [0.25, 0.3) is 0 Å². The van der Waals surface area contributed by atoms with Gasteiger partial charge in [0.2, 0.25) is 0 Å². The van der Waals surface area contributed by atoms with Crippen LogP contribution in [0.15, 0.2) is 22.7 Å². The molecule has 94 valence electrons. The molecule has 0 heterocycles. The van der Waals surface area contributed by atoms with Crippen LogP contribution < -0.4 is 4.74 Å². The first kappa shape index (κ1) is 12.9. The van der Waals surface area contributed by atoms with Crippen molar-refractivity contribution in [3.05, 3.63) is 28.2 Å². The van der Waals surface area contributed by atoms with Gasteiger partial charge in [-0.2, -0.15) is 0 Å². The number of benzene rings is 1. The fourth-order valence-electron chi connectivity index (χ4n) is 2.55. The molecule has 2 nitrogen and oxygen atoms in total. The van der Waals surface area contributed by atoms with E-state index in [1.54, 1.807) is 7.11 Å². The lowest BCUT2D eigenvalue weighted by molar-refractivity contribution is 0.00433. The van der Waals surface area contributed by atoms with Gasteiger partial charge in [-0.05, 0) is 36.6 Å². The summed E-state index contributed by atoms with van der Waals surface area (Å²) in [5, 5.41) is 10.6. The number of hydrogen-bond acceptors (Lipinski definition) is 2. The molecule has 1 fully saturated rings. The second kappa shape index (κ2) is 5.40. The van der Waals surface area contributed by atoms with Crippen molar-refractivity contribution in [2.75, 3.05) is 7.11 Å². The average Bonchev–Trinajstić information content (AvgIpc) is 2.33. The molecule has 0 spiro atoms. The predicted octanol–water partition coefficient (Wildman–Crippen LogP) is 3.70. The van der Waals surface area contributed by atoms with E-state index in [0.717, 1.165) is 41.5 Å². The van der Waals surface area contributed by atoms with Gasteiger partial charge in [0, 0.05) is 10.9 Å². The van der Waals surface area contributed by atoms with Crippen LogP contribution in [0, 0.1) is 0 Å². The van der Waals surface area contributed by atoms with E-state index in [0.29, 0.717) is 6.42 Å². The Bertz CT molecular complexity index is 384. The molecule has 0 unspecified atom stereocenters. The first-order valence-electron chi connectivity index (χ1n) is 6.18. The van der Waals surface area contributed by atoms with E-state index < -0.39 is 5.60 Å². The minimum Gasteiger partial charge on any atom is -0.497 e. The van der Waals surface area contributed by atoms with Crippen molar-refractivity contribution in [2.45, 2.75) is 44.1 Å². The maximum atomic E-state index is 10.6. The van der Waals surface area contributed by atoms with Crippen molar-refractivity contribution in [3.63, 3.8) is 0 Å². The molecule has 1 aliphatic carbocycles. The van der Waals surface area contributed by atoms with E-state index in [2.05, 4.69) is 15.9 Å². The zero-order chi connectivity index (χ0) is 12.3. The van der Waals surface area contributed by atoms with Crippen LogP contribution in [0.4, 0.5) is 0 Å². The Morgan fingerprint density at radius 1 is 1.29 bits per heavy atom. The van der Waals surface area contributed by atoms with Gasteiger partial charge < -0.3 is 9.84 Å². The van der Waals surface area contributed by atoms with Gasteiger partial charge in [0.05, 0.1) is 12.7 Å². The van der Waals surface area contributed by atoms with Gasteiger partial charge in [0.15, 0.2) is 0 Å². The highest BCUT2D eigenvalue weighted by Crippen LogP contribution is 2.34. The first-order valence-corrected chi connectivity index (χ1v) is 6.97. The lowest BCUT2D eigenvalue weighted by atomic mass is 9.80. The lowest BCUT2D eigenvalue weighted by Crippen LogP contribution is -2.33. The standard InChI is InChI=1S/C14H19BrO2/c1-17-12-5-6-13(15)11(9-12)10-14(16)7-3-2-4-8-14/h5-6,9,16H,2-4,7-8,10H2,1H3. The summed E-state index contributed by atoms with van der Waals surface area (Å²) < 4.78 is 6.28. The molecule has 0 saturated heterocycles. The van der Waals surface area contributed by atoms with Crippen LogP contribution in [0.5, 0.6) is 5.75 Å². The molecule has 1 aromatic rings. The molecule has 1 aliphatic rings. The van der Waals surface area contributed by atoms with E-state index in [-0.39, 0.29) is 0 Å². The Morgan fingerprint density at radius 3 is 2.65 bits per heavy atom. The quantitative estimate of drug-likeness (QED) is 0.922. The Morgan fingerprint density at radius 2 is 2.00 bits per heavy atom. The van der Waals surface area contributed by atoms with Gasteiger partial charge in [-0.15, -0.1) is 0 Å². The van der Waals surface area contributed by atoms with Crippen LogP contribution in [-0.2, 0) is 6.42 Å². The van der Waals surface area contributed by atoms with Gasteiger partial charge >= 0.3 is 0 Å². The first-order chi connectivity index (χ1) is 8.13. The van der Waals surface area contributed by atoms with Crippen molar-refractivity contribution >= 4 is 15.9 Å². The normalized spacial score (nSPS) is 19.0. The Kier molecular flexibility index (Phi) is 4.10. The van der Waals surface area contributed by atoms with Crippen molar-refractivity contribution in [1.82, 2.24) is 0 Å². The summed E-state index contributed by atoms with van der Waals surface area (Å²) in [6.07, 6.45) is 6.07. The van der Waals surface area contributed by atoms with Crippen molar-refractivity contribution < 1.29 is 9.84 Å². The van der Waals surface area contributed by atoms with Crippen molar-refractivity contribution in [1.29, 1.82) is 0 Å². The van der Waals surface area contributed by atoms with Crippen molar-refractivity contribution in [2.24, 2.45) is 0 Å². The number of halogens is 1. The number of hydrogen-bond donors (Lipinski definition) is 1. The summed E-state index contributed by atoms with van der Waals surface area (Å²) in [5.41, 5.74) is 0.612. The van der Waals surface area contributed by atoms with E-state index in [1.165, 1.54) is 6.42 Å². The van der Waals surface area contributed by atoms with E-state index in [1.807, 2.05) is 18.2 Å². The third kappa shape index (κ3) is 3.23. The molecule has 0 bridgehead atoms. The van der Waals surface area contributed by atoms with Crippen LogP contribution in [0.2, 0.25) is 0 Å². The second-order valence-corrected chi connectivity index (χ2v) is 5.77. The minimum absolute atomic E-state index is 0.521. The van der Waals surface area contributed by atoms with Crippen molar-refractivity contribution in [3.8, 4) is 5.75 Å². The third-order valence-electron chi connectivity index (χ3n) is 3.56. The Labute approximate surface area is 111 Å². The second-order valence-electron chi connectivity index (χ2n) is 4.92. The summed E-state index contributed by atoms with van der Waals surface area (Å²) >= 11 is 3.54. The summed E-state index contributed by atoms with van der Waals surface area (Å²) in [4.78, 5) is 0. The third-order valence-corrected chi connectivity index (χ3v) is 4.33. The SMILES string of the molecule is COc1ccc(Br)c(CC2(O)CCCCC2)c1. The summed E-state index contributed by atoms with van der Waals surface area (Å²) in [7, 11) is 1.67. The topological polar surface area (TPSA) is 29.5 Å². The van der Waals surface area contributed by atoms with E-state index in [9.17, 15) is 5.11 Å². The molecule has 0 aliphatic heterocycles. The molecule has 3 heteroatoms. The number of ether oxygens (including phenoxy) is 1. The average molecular weight is 299 g/mol. The smallest absolute Gasteiger partial charge is 0.119 e. The summed E-state index contributed by atoms with van der Waals surface area (Å²) in [6, 6.07) is 5.93. The van der Waals surface area contributed by atoms with Gasteiger partial charge in [-0.3, -0.25) is 0 Å². The van der Waals surface area contributed by atoms with Crippen LogP contribution in [-0.4, -0.2) is 17.8 Å². The predicted molar refractivity (Wildman–Crippen MR) is 72.4 cm³/mol. The highest BCUT2D eigenvalue weighted by Gasteiger charge is 2.29. The Hall–Kier alpha value is -0.540. The van der Waals surface area contributed by atoms with E-state index in [4.69, 9.17) is 4.74 Å². The number of aliphatic hydroxyl groups is 1. The molecule has 0 atom stereocenters. The molecular weight excluding hydrogens is 280 g/mol. The number of methoxy groups -OCH3 is 1. The fraction of sp³-hybridized carbons (Fsp3) is 0.571. The van der Waals surface area contributed by atoms with Gasteiger partial charge in [0.1, 0.15) is 5.75 Å². The molecule has 1 aromatic carbocycles. The summed E-state index contributed by atoms with van der Waals surface area (Å²) in [5.74, 6) is 0.850. The molecule has 1 N–H and O–H groups in total. The zero-order valence-electron chi connectivity index (χ0n) is 10.2. The number of rotatable bonds is 3. The molecule has 0 amide bonds. The van der Waals surface area contributed by atoms with Gasteiger partial charge in [-0.25, -0.2) is 0 Å². The fourth-order valence-corrected chi connectivity index (χ4v) is 2.94. The molecule has 0 aromatic heterocycles. The van der Waals surface area contributed by atoms with Crippen LogP contribution in [0.3, 0.4) is 0 Å². The maximum absolute atomic E-state index is 10.6. The van der Waals surface area contributed by atoms with Crippen LogP contribution >= 0.6 is 15.9 Å². The summed E-state index contributed by atoms with van der Waals surface area (Å²) in [6.45, 7) is 0. The molecule has 2 rings (SSSR count). The molecule has 17 heavy (non-hydrogen) atoms. The monoisotopic (exact) mass is 298 g/mol. The molecule has 0 radical (unpaired) electrons. The van der Waals surface area contributed by atoms with Crippen LogP contribution in [0.1, 0.15) is 37.7 Å². The molecular formula is C14H19BrO2. The van der Waals surface area contributed by atoms with Crippen LogP contribution in [0.25, 0.3) is 0 Å². The lowest BCUT2D eigenvalue weighted by Gasteiger charge is -2.32. The Balaban J connectivity index is 2.16. The highest BCUT2D eigenvalue weighted by molar-refractivity contribution is 9.10. The zero-order valence-corrected chi connectivity index (χ0v) is 11.8. The van der Waals surface area contributed by atoms with Gasteiger partial charge in [-0.1, -0.05) is 35.2 Å². The highest BCUT2D eigenvalue weighted by atomic mass is 79.9. The largest absolute Gasteiger partial charge is 0.497 e. The maximum Gasteiger partial charge on any atom is 0.119 e.